The third-order valence-electron chi connectivity index (χ3n) is 5.62. The van der Waals surface area contributed by atoms with Crippen molar-refractivity contribution in [3.63, 3.8) is 0 Å². The summed E-state index contributed by atoms with van der Waals surface area (Å²) in [5.41, 5.74) is 2.30. The van der Waals surface area contributed by atoms with E-state index in [-0.39, 0.29) is 23.8 Å². The van der Waals surface area contributed by atoms with Crippen LogP contribution in [0.25, 0.3) is 0 Å². The van der Waals surface area contributed by atoms with Gasteiger partial charge in [-0.2, -0.15) is 0 Å². The molecule has 0 unspecified atom stereocenters. The van der Waals surface area contributed by atoms with Gasteiger partial charge in [-0.25, -0.2) is 0 Å². The molecule has 1 fully saturated rings. The molecule has 0 bridgehead atoms. The van der Waals surface area contributed by atoms with Crippen molar-refractivity contribution in [2.24, 2.45) is 0 Å². The summed E-state index contributed by atoms with van der Waals surface area (Å²) in [6.45, 7) is 8.60. The van der Waals surface area contributed by atoms with Crippen molar-refractivity contribution in [3.05, 3.63) is 59.7 Å². The van der Waals surface area contributed by atoms with Gasteiger partial charge in [0.1, 0.15) is 5.75 Å². The Morgan fingerprint density at radius 2 is 1.73 bits per heavy atom. The monoisotopic (exact) mass is 410 g/mol. The van der Waals surface area contributed by atoms with E-state index in [4.69, 9.17) is 9.47 Å². The lowest BCUT2D eigenvalue weighted by atomic mass is 9.82. The van der Waals surface area contributed by atoms with E-state index in [0.717, 1.165) is 6.42 Å². The minimum Gasteiger partial charge on any atom is -0.484 e. The Bertz CT molecular complexity index is 871. The van der Waals surface area contributed by atoms with Crippen LogP contribution in [0.1, 0.15) is 43.1 Å². The van der Waals surface area contributed by atoms with Crippen molar-refractivity contribution in [2.45, 2.75) is 32.6 Å². The highest BCUT2D eigenvalue weighted by atomic mass is 16.5. The third-order valence-corrected chi connectivity index (χ3v) is 5.62. The Balaban J connectivity index is 1.59. The molecule has 0 atom stereocenters. The first-order valence-corrected chi connectivity index (χ1v) is 10.4. The number of nitrogens with one attached hydrogen (secondary N) is 1. The number of anilines is 1. The molecular weight excluding hydrogens is 380 g/mol. The summed E-state index contributed by atoms with van der Waals surface area (Å²) in [5.74, 6) is 0.220. The summed E-state index contributed by atoms with van der Waals surface area (Å²) >= 11 is 0. The van der Waals surface area contributed by atoms with Gasteiger partial charge in [-0.15, -0.1) is 0 Å². The molecule has 6 nitrogen and oxygen atoms in total. The molecule has 0 saturated carbocycles. The van der Waals surface area contributed by atoms with Crippen molar-refractivity contribution in [1.82, 2.24) is 4.90 Å². The van der Waals surface area contributed by atoms with Crippen LogP contribution in [0.15, 0.2) is 48.5 Å². The van der Waals surface area contributed by atoms with Gasteiger partial charge in [-0.05, 0) is 41.7 Å². The third kappa shape index (κ3) is 5.39. The first kappa shape index (κ1) is 21.8. The maximum absolute atomic E-state index is 12.8. The second-order valence-electron chi connectivity index (χ2n) is 8.05. The first-order chi connectivity index (χ1) is 14.4. The molecule has 0 aromatic heterocycles. The smallest absolute Gasteiger partial charge is 0.262 e. The normalized spacial score (nSPS) is 14.3. The zero-order valence-corrected chi connectivity index (χ0v) is 17.9. The van der Waals surface area contributed by atoms with Crippen LogP contribution < -0.4 is 10.1 Å². The maximum atomic E-state index is 12.8. The Hall–Kier alpha value is -2.86. The highest BCUT2D eigenvalue weighted by Gasteiger charge is 2.22. The minimum atomic E-state index is -0.310. The van der Waals surface area contributed by atoms with Gasteiger partial charge in [0, 0.05) is 13.1 Å². The van der Waals surface area contributed by atoms with Crippen LogP contribution in [-0.2, 0) is 14.9 Å². The second-order valence-corrected chi connectivity index (χ2v) is 8.05. The molecule has 1 saturated heterocycles. The summed E-state index contributed by atoms with van der Waals surface area (Å²) in [7, 11) is 0. The summed E-state index contributed by atoms with van der Waals surface area (Å²) in [4.78, 5) is 27.0. The molecule has 1 aliphatic heterocycles. The maximum Gasteiger partial charge on any atom is 0.262 e. The van der Waals surface area contributed by atoms with E-state index in [1.165, 1.54) is 5.56 Å². The zero-order chi connectivity index (χ0) is 21.6. The van der Waals surface area contributed by atoms with Crippen LogP contribution in [0.3, 0.4) is 0 Å². The molecule has 3 rings (SSSR count). The topological polar surface area (TPSA) is 67.9 Å². The van der Waals surface area contributed by atoms with Gasteiger partial charge in [0.2, 0.25) is 0 Å². The molecule has 1 N–H and O–H groups in total. The Morgan fingerprint density at radius 1 is 1.07 bits per heavy atom. The number of nitrogens with zero attached hydrogens (tertiary/aromatic N) is 1. The van der Waals surface area contributed by atoms with Crippen LogP contribution >= 0.6 is 0 Å². The fraction of sp³-hybridized carbons (Fsp3) is 0.417. The van der Waals surface area contributed by atoms with Crippen LogP contribution in [0.4, 0.5) is 5.69 Å². The summed E-state index contributed by atoms with van der Waals surface area (Å²) in [5, 5.41) is 2.80. The Kier molecular flexibility index (Phi) is 7.11. The quantitative estimate of drug-likeness (QED) is 0.753. The molecule has 0 aliphatic carbocycles. The van der Waals surface area contributed by atoms with Gasteiger partial charge in [-0.3, -0.25) is 9.59 Å². The number of rotatable bonds is 7. The minimum absolute atomic E-state index is 0.104. The highest BCUT2D eigenvalue weighted by Crippen LogP contribution is 2.28. The summed E-state index contributed by atoms with van der Waals surface area (Å²) in [6.07, 6.45) is 1.04. The molecule has 160 valence electrons. The fourth-order valence-electron chi connectivity index (χ4n) is 3.26. The fourth-order valence-corrected chi connectivity index (χ4v) is 3.26. The molecule has 1 aliphatic rings. The summed E-state index contributed by atoms with van der Waals surface area (Å²) < 4.78 is 10.9. The van der Waals surface area contributed by atoms with Gasteiger partial charge in [0.15, 0.2) is 6.61 Å². The largest absolute Gasteiger partial charge is 0.484 e. The average Bonchev–Trinajstić information content (AvgIpc) is 2.78. The number of carbonyl (C=O) groups excluding carboxylic acids is 2. The van der Waals surface area contributed by atoms with Gasteiger partial charge in [-0.1, -0.05) is 45.0 Å². The number of hydrogen-bond acceptors (Lipinski definition) is 4. The van der Waals surface area contributed by atoms with Gasteiger partial charge < -0.3 is 19.7 Å². The van der Waals surface area contributed by atoms with Crippen molar-refractivity contribution in [1.29, 1.82) is 0 Å². The van der Waals surface area contributed by atoms with Crippen LogP contribution in [-0.4, -0.2) is 49.6 Å². The number of hydrogen-bond donors (Lipinski definition) is 1. The zero-order valence-electron chi connectivity index (χ0n) is 17.9. The van der Waals surface area contributed by atoms with Crippen LogP contribution in [0, 0.1) is 0 Å². The van der Waals surface area contributed by atoms with Gasteiger partial charge >= 0.3 is 0 Å². The lowest BCUT2D eigenvalue weighted by Gasteiger charge is -2.27. The number of carbonyl (C=O) groups is 2. The average molecular weight is 411 g/mol. The van der Waals surface area contributed by atoms with Crippen molar-refractivity contribution < 1.29 is 19.1 Å². The van der Waals surface area contributed by atoms with Crippen LogP contribution in [0.5, 0.6) is 5.75 Å². The van der Waals surface area contributed by atoms with Crippen molar-refractivity contribution >= 4 is 17.5 Å². The molecule has 6 heteroatoms. The lowest BCUT2D eigenvalue weighted by Crippen LogP contribution is -2.41. The van der Waals surface area contributed by atoms with E-state index in [2.05, 4.69) is 26.1 Å². The predicted molar refractivity (Wildman–Crippen MR) is 117 cm³/mol. The molecule has 0 radical (unpaired) electrons. The molecular formula is C24H30N2O4. The van der Waals surface area contributed by atoms with E-state index < -0.39 is 0 Å². The summed E-state index contributed by atoms with van der Waals surface area (Å²) in [6, 6.07) is 14.9. The van der Waals surface area contributed by atoms with Gasteiger partial charge in [0.05, 0.1) is 24.5 Å². The standard InChI is InChI=1S/C24H30N2O4/c1-4-24(2,3)18-9-11-19(12-10-18)30-17-22(27)25-21-8-6-5-7-20(21)23(28)26-13-15-29-16-14-26/h5-12H,4,13-17H2,1-3H3,(H,25,27). The predicted octanol–water partition coefficient (Wildman–Crippen LogP) is 3.86. The first-order valence-electron chi connectivity index (χ1n) is 10.4. The van der Waals surface area contributed by atoms with E-state index in [9.17, 15) is 9.59 Å². The van der Waals surface area contributed by atoms with E-state index in [1.54, 1.807) is 29.2 Å². The number of amides is 2. The highest BCUT2D eigenvalue weighted by molar-refractivity contribution is 6.04. The molecule has 2 aromatic rings. The van der Waals surface area contributed by atoms with E-state index >= 15 is 0 Å². The van der Waals surface area contributed by atoms with Crippen molar-refractivity contribution in [2.75, 3.05) is 38.2 Å². The lowest BCUT2D eigenvalue weighted by molar-refractivity contribution is -0.118. The molecule has 30 heavy (non-hydrogen) atoms. The molecule has 2 amide bonds. The molecule has 1 heterocycles. The SMILES string of the molecule is CCC(C)(C)c1ccc(OCC(=O)Nc2ccccc2C(=O)N2CCOCC2)cc1. The number of benzene rings is 2. The van der Waals surface area contributed by atoms with Crippen molar-refractivity contribution in [3.8, 4) is 5.75 Å². The van der Waals surface area contributed by atoms with E-state index in [1.807, 2.05) is 24.3 Å². The second kappa shape index (κ2) is 9.76. The molecule has 0 spiro atoms. The van der Waals surface area contributed by atoms with Gasteiger partial charge in [0.25, 0.3) is 11.8 Å². The van der Waals surface area contributed by atoms with Crippen LogP contribution in [0.2, 0.25) is 0 Å². The number of ether oxygens (including phenoxy) is 2. The number of morpholine rings is 1. The number of para-hydroxylation sites is 1. The van der Waals surface area contributed by atoms with E-state index in [0.29, 0.717) is 43.3 Å². The Morgan fingerprint density at radius 3 is 2.40 bits per heavy atom. The molecule has 2 aromatic carbocycles. The Labute approximate surface area is 178 Å².